The van der Waals surface area contributed by atoms with Gasteiger partial charge in [-0.3, -0.25) is 9.59 Å². The van der Waals surface area contributed by atoms with Crippen molar-refractivity contribution in [3.05, 3.63) is 65.2 Å². The highest BCUT2D eigenvalue weighted by Crippen LogP contribution is 2.21. The number of benzene rings is 2. The first-order valence-electron chi connectivity index (χ1n) is 10.5. The van der Waals surface area contributed by atoms with Gasteiger partial charge in [0.05, 0.1) is 0 Å². The minimum absolute atomic E-state index is 0.0294. The van der Waals surface area contributed by atoms with Gasteiger partial charge in [0.15, 0.2) is 0 Å². The summed E-state index contributed by atoms with van der Waals surface area (Å²) in [7, 11) is 0. The lowest BCUT2D eigenvalue weighted by atomic mass is 10.1. The highest BCUT2D eigenvalue weighted by Gasteiger charge is 2.25. The number of hydrogen-bond acceptors (Lipinski definition) is 3. The second-order valence-electron chi connectivity index (χ2n) is 7.20. The fourth-order valence-corrected chi connectivity index (χ4v) is 4.03. The largest absolute Gasteiger partial charge is 0.354 e. The van der Waals surface area contributed by atoms with Crippen molar-refractivity contribution < 1.29 is 9.59 Å². The molecule has 0 aromatic heterocycles. The highest BCUT2D eigenvalue weighted by atomic mass is 35.5. The van der Waals surface area contributed by atoms with Gasteiger partial charge in [-0.05, 0) is 61.8 Å². The van der Waals surface area contributed by atoms with E-state index in [1.54, 1.807) is 16.7 Å². The Labute approximate surface area is 189 Å². The summed E-state index contributed by atoms with van der Waals surface area (Å²) in [5, 5.41) is 3.63. The van der Waals surface area contributed by atoms with E-state index in [9.17, 15) is 9.59 Å². The Balaban J connectivity index is 1.90. The van der Waals surface area contributed by atoms with Gasteiger partial charge in [-0.1, -0.05) is 48.9 Å². The number of rotatable bonds is 12. The van der Waals surface area contributed by atoms with Crippen LogP contribution in [-0.2, 0) is 16.0 Å². The first-order valence-corrected chi connectivity index (χ1v) is 11.9. The quantitative estimate of drug-likeness (QED) is 0.360. The van der Waals surface area contributed by atoms with Crippen molar-refractivity contribution in [2.75, 3.05) is 18.8 Å². The molecular formula is C24H31ClN2O2S. The zero-order valence-corrected chi connectivity index (χ0v) is 19.3. The molecule has 0 spiro atoms. The van der Waals surface area contributed by atoms with Gasteiger partial charge in [0.1, 0.15) is 6.04 Å². The van der Waals surface area contributed by atoms with Gasteiger partial charge in [0, 0.05) is 29.4 Å². The van der Waals surface area contributed by atoms with Gasteiger partial charge in [-0.25, -0.2) is 0 Å². The van der Waals surface area contributed by atoms with E-state index >= 15 is 0 Å². The summed E-state index contributed by atoms with van der Waals surface area (Å²) < 4.78 is 0. The molecule has 0 saturated carbocycles. The van der Waals surface area contributed by atoms with Crippen molar-refractivity contribution in [2.24, 2.45) is 0 Å². The summed E-state index contributed by atoms with van der Waals surface area (Å²) in [5.74, 6) is 0.784. The van der Waals surface area contributed by atoms with Gasteiger partial charge >= 0.3 is 0 Å². The van der Waals surface area contributed by atoms with E-state index in [-0.39, 0.29) is 11.8 Å². The van der Waals surface area contributed by atoms with Crippen LogP contribution in [0.5, 0.6) is 0 Å². The fourth-order valence-electron chi connectivity index (χ4n) is 3.05. The van der Waals surface area contributed by atoms with Crippen LogP contribution in [0.25, 0.3) is 0 Å². The number of amides is 2. The minimum atomic E-state index is -0.475. The van der Waals surface area contributed by atoms with Gasteiger partial charge in [-0.15, -0.1) is 11.8 Å². The molecule has 4 nitrogen and oxygen atoms in total. The summed E-state index contributed by atoms with van der Waals surface area (Å²) in [6.45, 7) is 4.99. The number of carbonyl (C=O) groups is 2. The summed E-state index contributed by atoms with van der Waals surface area (Å²) in [5.41, 5.74) is 1.16. The topological polar surface area (TPSA) is 49.4 Å². The Morgan fingerprint density at radius 1 is 1.10 bits per heavy atom. The Morgan fingerprint density at radius 2 is 1.80 bits per heavy atom. The molecule has 0 aliphatic carbocycles. The molecule has 6 heteroatoms. The lowest BCUT2D eigenvalue weighted by Crippen LogP contribution is -2.48. The average Bonchev–Trinajstić information content (AvgIpc) is 2.77. The molecule has 0 radical (unpaired) electrons. The Morgan fingerprint density at radius 3 is 2.47 bits per heavy atom. The molecule has 2 aromatic carbocycles. The molecule has 162 valence electrons. The molecule has 2 aromatic rings. The van der Waals surface area contributed by atoms with Crippen molar-refractivity contribution in [3.63, 3.8) is 0 Å². The van der Waals surface area contributed by atoms with Crippen molar-refractivity contribution in [2.45, 2.75) is 50.5 Å². The predicted octanol–water partition coefficient (Wildman–Crippen LogP) is 5.20. The summed E-state index contributed by atoms with van der Waals surface area (Å²) >= 11 is 7.63. The number of nitrogens with one attached hydrogen (secondary N) is 1. The van der Waals surface area contributed by atoms with Crippen LogP contribution in [0.15, 0.2) is 59.5 Å². The maximum absolute atomic E-state index is 13.0. The maximum atomic E-state index is 13.0. The van der Waals surface area contributed by atoms with E-state index < -0.39 is 6.04 Å². The van der Waals surface area contributed by atoms with Crippen LogP contribution in [0.2, 0.25) is 5.02 Å². The number of carbonyl (C=O) groups excluding carboxylic acids is 2. The smallest absolute Gasteiger partial charge is 0.242 e. The van der Waals surface area contributed by atoms with E-state index in [1.165, 1.54) is 0 Å². The van der Waals surface area contributed by atoms with Gasteiger partial charge in [0.2, 0.25) is 11.8 Å². The normalized spacial score (nSPS) is 11.7. The van der Waals surface area contributed by atoms with Crippen molar-refractivity contribution in [1.82, 2.24) is 10.2 Å². The number of thioether (sulfide) groups is 1. The highest BCUT2D eigenvalue weighted by molar-refractivity contribution is 7.99. The lowest BCUT2D eigenvalue weighted by Gasteiger charge is -2.29. The van der Waals surface area contributed by atoms with Crippen LogP contribution in [0.4, 0.5) is 0 Å². The standard InChI is InChI=1S/C24H31ClN2O2S/c1-3-16-26-24(29)19(2)27(17-15-20-8-5-4-6-9-20)23(28)10-7-18-30-22-13-11-21(25)12-14-22/h4-6,8-9,11-14,19H,3,7,10,15-18H2,1-2H3,(H,26,29)/t19-/m0/s1. The Kier molecular flexibility index (Phi) is 10.8. The molecule has 1 atom stereocenters. The van der Waals surface area contributed by atoms with Crippen molar-refractivity contribution >= 4 is 35.2 Å². The van der Waals surface area contributed by atoms with Gasteiger partial charge in [0.25, 0.3) is 0 Å². The molecule has 2 amide bonds. The van der Waals surface area contributed by atoms with Crippen LogP contribution < -0.4 is 5.32 Å². The molecule has 0 bridgehead atoms. The second kappa shape index (κ2) is 13.3. The third kappa shape index (κ3) is 8.41. The van der Waals surface area contributed by atoms with Crippen LogP contribution in [-0.4, -0.2) is 41.6 Å². The van der Waals surface area contributed by atoms with Crippen LogP contribution in [0.1, 0.15) is 38.7 Å². The van der Waals surface area contributed by atoms with Gasteiger partial charge in [-0.2, -0.15) is 0 Å². The van der Waals surface area contributed by atoms with E-state index in [4.69, 9.17) is 11.6 Å². The third-order valence-electron chi connectivity index (χ3n) is 4.82. The maximum Gasteiger partial charge on any atom is 0.242 e. The predicted molar refractivity (Wildman–Crippen MR) is 126 cm³/mol. The molecule has 30 heavy (non-hydrogen) atoms. The molecular weight excluding hydrogens is 416 g/mol. The second-order valence-corrected chi connectivity index (χ2v) is 8.80. The van der Waals surface area contributed by atoms with E-state index in [0.29, 0.717) is 19.5 Å². The number of nitrogens with zero attached hydrogens (tertiary/aromatic N) is 1. The monoisotopic (exact) mass is 446 g/mol. The Hall–Kier alpha value is -1.98. The molecule has 1 N–H and O–H groups in total. The molecule has 0 unspecified atom stereocenters. The number of hydrogen-bond donors (Lipinski definition) is 1. The van der Waals surface area contributed by atoms with E-state index in [1.807, 2.05) is 68.4 Å². The SMILES string of the molecule is CCCNC(=O)[C@H](C)N(CCc1ccccc1)C(=O)CCCSc1ccc(Cl)cc1. The third-order valence-corrected chi connectivity index (χ3v) is 6.17. The van der Waals surface area contributed by atoms with E-state index in [0.717, 1.165) is 40.5 Å². The fraction of sp³-hybridized carbons (Fsp3) is 0.417. The lowest BCUT2D eigenvalue weighted by molar-refractivity contribution is -0.139. The molecule has 2 rings (SSSR count). The molecule has 0 fully saturated rings. The first-order chi connectivity index (χ1) is 14.5. The molecule has 0 heterocycles. The van der Waals surface area contributed by atoms with Crippen molar-refractivity contribution in [3.8, 4) is 0 Å². The van der Waals surface area contributed by atoms with Gasteiger partial charge < -0.3 is 10.2 Å². The molecule has 0 saturated heterocycles. The van der Waals surface area contributed by atoms with Crippen LogP contribution in [0.3, 0.4) is 0 Å². The Bertz CT molecular complexity index is 784. The van der Waals surface area contributed by atoms with Crippen LogP contribution >= 0.6 is 23.4 Å². The first kappa shape index (κ1) is 24.3. The summed E-state index contributed by atoms with van der Waals surface area (Å²) in [6, 6.07) is 17.3. The average molecular weight is 447 g/mol. The summed E-state index contributed by atoms with van der Waals surface area (Å²) in [4.78, 5) is 28.3. The minimum Gasteiger partial charge on any atom is -0.354 e. The van der Waals surface area contributed by atoms with E-state index in [2.05, 4.69) is 5.32 Å². The van der Waals surface area contributed by atoms with Crippen molar-refractivity contribution in [1.29, 1.82) is 0 Å². The van der Waals surface area contributed by atoms with Crippen LogP contribution in [0, 0.1) is 0 Å². The molecule has 0 aliphatic heterocycles. The zero-order chi connectivity index (χ0) is 21.8. The molecule has 0 aliphatic rings. The zero-order valence-electron chi connectivity index (χ0n) is 17.8. The number of halogens is 1. The summed E-state index contributed by atoms with van der Waals surface area (Å²) in [6.07, 6.45) is 2.80.